The molecule has 1 atom stereocenters. The molecule has 0 aliphatic carbocycles. The van der Waals surface area contributed by atoms with Crippen LogP contribution in [0.2, 0.25) is 18.1 Å². The molecule has 0 saturated heterocycles. The van der Waals surface area contributed by atoms with E-state index in [1.54, 1.807) is 0 Å². The molecule has 0 unspecified atom stereocenters. The van der Waals surface area contributed by atoms with Crippen molar-refractivity contribution in [2.24, 2.45) is 5.11 Å². The lowest BCUT2D eigenvalue weighted by molar-refractivity contribution is 0.222. The first kappa shape index (κ1) is 15.4. The summed E-state index contributed by atoms with van der Waals surface area (Å²) in [7, 11) is -1.79. The molecular weight excluding hydrogens is 222 g/mol. The molecule has 0 amide bonds. The number of nitrogens with zero attached hydrogens (tertiary/aromatic N) is 3. The molecule has 1 N–H and O–H groups in total. The Labute approximate surface area is 98.6 Å². The van der Waals surface area contributed by atoms with Gasteiger partial charge in [0, 0.05) is 18.1 Å². The lowest BCUT2D eigenvalue weighted by Crippen LogP contribution is -2.42. The lowest BCUT2D eigenvalue weighted by Gasteiger charge is -2.36. The predicted molar refractivity (Wildman–Crippen MR) is 67.8 cm³/mol. The second-order valence-corrected chi connectivity index (χ2v) is 10.3. The van der Waals surface area contributed by atoms with Gasteiger partial charge < -0.3 is 9.53 Å². The fraction of sp³-hybridized carbons (Fsp3) is 1.00. The molecule has 6 heteroatoms. The Hall–Kier alpha value is -0.553. The normalized spacial score (nSPS) is 14.4. The first-order chi connectivity index (χ1) is 7.24. The Morgan fingerprint density at radius 1 is 1.44 bits per heavy atom. The average molecular weight is 245 g/mol. The van der Waals surface area contributed by atoms with Gasteiger partial charge in [-0.1, -0.05) is 25.9 Å². The smallest absolute Gasteiger partial charge is 0.191 e. The van der Waals surface area contributed by atoms with E-state index in [4.69, 9.17) is 15.1 Å². The van der Waals surface area contributed by atoms with Crippen molar-refractivity contribution in [1.29, 1.82) is 0 Å². The molecular formula is C10H23N3O2Si. The zero-order chi connectivity index (χ0) is 12.8. The van der Waals surface area contributed by atoms with Gasteiger partial charge in [-0.3, -0.25) is 0 Å². The summed E-state index contributed by atoms with van der Waals surface area (Å²) in [6.07, 6.45) is 0.457. The number of azide groups is 1. The van der Waals surface area contributed by atoms with E-state index < -0.39 is 8.32 Å². The Morgan fingerprint density at radius 2 is 2.00 bits per heavy atom. The quantitative estimate of drug-likeness (QED) is 0.338. The molecule has 0 fully saturated rings. The van der Waals surface area contributed by atoms with Crippen molar-refractivity contribution in [2.45, 2.75) is 51.4 Å². The van der Waals surface area contributed by atoms with Gasteiger partial charge >= 0.3 is 0 Å². The molecule has 0 aromatic carbocycles. The summed E-state index contributed by atoms with van der Waals surface area (Å²) in [6.45, 7) is 11.2. The second kappa shape index (κ2) is 6.25. The summed E-state index contributed by atoms with van der Waals surface area (Å²) < 4.78 is 5.92. The third kappa shape index (κ3) is 4.98. The van der Waals surface area contributed by atoms with Crippen LogP contribution in [0, 0.1) is 0 Å². The van der Waals surface area contributed by atoms with Crippen LogP contribution < -0.4 is 0 Å². The van der Waals surface area contributed by atoms with Crippen LogP contribution in [-0.4, -0.2) is 32.7 Å². The number of hydrogen-bond acceptors (Lipinski definition) is 3. The van der Waals surface area contributed by atoms with E-state index in [2.05, 4.69) is 43.9 Å². The highest BCUT2D eigenvalue weighted by Crippen LogP contribution is 2.36. The van der Waals surface area contributed by atoms with Gasteiger partial charge in [-0.05, 0) is 30.1 Å². The summed E-state index contributed by atoms with van der Waals surface area (Å²) in [5, 5.41) is 12.6. The van der Waals surface area contributed by atoms with E-state index in [1.807, 2.05) is 0 Å². The van der Waals surface area contributed by atoms with E-state index in [1.165, 1.54) is 0 Å². The molecule has 5 nitrogen and oxygen atoms in total. The van der Waals surface area contributed by atoms with Crippen LogP contribution in [-0.2, 0) is 4.43 Å². The summed E-state index contributed by atoms with van der Waals surface area (Å²) in [6, 6.07) is -0.260. The molecule has 0 heterocycles. The largest absolute Gasteiger partial charge is 0.416 e. The van der Waals surface area contributed by atoms with Crippen molar-refractivity contribution in [3.8, 4) is 0 Å². The SMILES string of the molecule is CC(C)(C)[Si](C)(C)OC[C@@H](CCO)N=[N+]=[N-]. The predicted octanol–water partition coefficient (Wildman–Crippen LogP) is 3.07. The lowest BCUT2D eigenvalue weighted by atomic mass is 10.2. The Bertz CT molecular complexity index is 257. The summed E-state index contributed by atoms with van der Waals surface area (Å²) in [5.74, 6) is 0. The van der Waals surface area contributed by atoms with E-state index in [9.17, 15) is 0 Å². The van der Waals surface area contributed by atoms with Crippen molar-refractivity contribution in [3.05, 3.63) is 10.4 Å². The highest BCUT2D eigenvalue weighted by molar-refractivity contribution is 6.74. The zero-order valence-electron chi connectivity index (χ0n) is 10.9. The number of rotatable bonds is 6. The van der Waals surface area contributed by atoms with E-state index >= 15 is 0 Å². The molecule has 94 valence electrons. The van der Waals surface area contributed by atoms with Gasteiger partial charge in [0.15, 0.2) is 8.32 Å². The van der Waals surface area contributed by atoms with Crippen LogP contribution >= 0.6 is 0 Å². The third-order valence-electron chi connectivity index (χ3n) is 3.12. The van der Waals surface area contributed by atoms with Crippen molar-refractivity contribution in [1.82, 2.24) is 0 Å². The van der Waals surface area contributed by atoms with Crippen molar-refractivity contribution >= 4 is 8.32 Å². The molecule has 16 heavy (non-hydrogen) atoms. The second-order valence-electron chi connectivity index (χ2n) is 5.44. The Kier molecular flexibility index (Phi) is 6.03. The van der Waals surface area contributed by atoms with Gasteiger partial charge in [0.2, 0.25) is 0 Å². The van der Waals surface area contributed by atoms with Gasteiger partial charge in [0.1, 0.15) is 0 Å². The van der Waals surface area contributed by atoms with Crippen molar-refractivity contribution < 1.29 is 9.53 Å². The average Bonchev–Trinajstić information content (AvgIpc) is 2.13. The number of hydrogen-bond donors (Lipinski definition) is 1. The first-order valence-corrected chi connectivity index (χ1v) is 8.44. The summed E-state index contributed by atoms with van der Waals surface area (Å²) >= 11 is 0. The van der Waals surface area contributed by atoms with Gasteiger partial charge in [-0.2, -0.15) is 0 Å². The van der Waals surface area contributed by atoms with Crippen LogP contribution in [0.1, 0.15) is 27.2 Å². The van der Waals surface area contributed by atoms with Gasteiger partial charge in [0.05, 0.1) is 6.04 Å². The maximum absolute atomic E-state index is 8.83. The maximum Gasteiger partial charge on any atom is 0.191 e. The highest BCUT2D eigenvalue weighted by atomic mass is 28.4. The third-order valence-corrected chi connectivity index (χ3v) is 7.62. The molecule has 0 rings (SSSR count). The molecule has 0 bridgehead atoms. The Balaban J connectivity index is 4.35. The van der Waals surface area contributed by atoms with Crippen molar-refractivity contribution in [2.75, 3.05) is 13.2 Å². The van der Waals surface area contributed by atoms with Crippen LogP contribution in [0.25, 0.3) is 10.4 Å². The molecule has 0 saturated carbocycles. The van der Waals surface area contributed by atoms with E-state index in [-0.39, 0.29) is 17.7 Å². The van der Waals surface area contributed by atoms with Gasteiger partial charge in [-0.15, -0.1) is 0 Å². The van der Waals surface area contributed by atoms with E-state index in [0.717, 1.165) is 0 Å². The first-order valence-electron chi connectivity index (χ1n) is 5.53. The maximum atomic E-state index is 8.83. The molecule has 0 aliphatic rings. The number of aliphatic hydroxyl groups is 1. The molecule has 0 aliphatic heterocycles. The summed E-state index contributed by atoms with van der Waals surface area (Å²) in [5.41, 5.74) is 8.39. The van der Waals surface area contributed by atoms with Gasteiger partial charge in [0.25, 0.3) is 0 Å². The van der Waals surface area contributed by atoms with Crippen LogP contribution in [0.3, 0.4) is 0 Å². The van der Waals surface area contributed by atoms with Crippen LogP contribution in [0.5, 0.6) is 0 Å². The monoisotopic (exact) mass is 245 g/mol. The highest BCUT2D eigenvalue weighted by Gasteiger charge is 2.37. The van der Waals surface area contributed by atoms with Crippen LogP contribution in [0.4, 0.5) is 0 Å². The zero-order valence-corrected chi connectivity index (χ0v) is 11.9. The molecule has 0 spiro atoms. The molecule has 0 aromatic rings. The topological polar surface area (TPSA) is 78.2 Å². The fourth-order valence-corrected chi connectivity index (χ4v) is 1.96. The van der Waals surface area contributed by atoms with Crippen LogP contribution in [0.15, 0.2) is 5.11 Å². The molecule has 0 radical (unpaired) electrons. The summed E-state index contributed by atoms with van der Waals surface area (Å²) in [4.78, 5) is 2.77. The Morgan fingerprint density at radius 3 is 2.38 bits per heavy atom. The van der Waals surface area contributed by atoms with E-state index in [0.29, 0.717) is 13.0 Å². The minimum atomic E-state index is -1.79. The minimum Gasteiger partial charge on any atom is -0.416 e. The fourth-order valence-electron chi connectivity index (χ4n) is 0.917. The van der Waals surface area contributed by atoms with Crippen molar-refractivity contribution in [3.63, 3.8) is 0 Å². The number of aliphatic hydroxyl groups excluding tert-OH is 1. The molecule has 0 aromatic heterocycles. The standard InChI is InChI=1S/C10H23N3O2Si/c1-10(2,3)16(4,5)15-8-9(6-7-14)12-13-11/h9,14H,6-8H2,1-5H3/t9-/m1/s1. The minimum absolute atomic E-state index is 0.0184. The van der Waals surface area contributed by atoms with Gasteiger partial charge in [-0.25, -0.2) is 0 Å².